The van der Waals surface area contributed by atoms with Crippen molar-refractivity contribution < 1.29 is 17.9 Å². The molecule has 0 saturated heterocycles. The first-order chi connectivity index (χ1) is 5.58. The highest BCUT2D eigenvalue weighted by Crippen LogP contribution is 2.02. The summed E-state index contributed by atoms with van der Waals surface area (Å²) in [5, 5.41) is 0. The fraction of sp³-hybridized carbons (Fsp3) is 0.500. The minimum Gasteiger partial charge on any atom is -0.475 e. The molecule has 1 unspecified atom stereocenters. The summed E-state index contributed by atoms with van der Waals surface area (Å²) in [6, 6.07) is 0. The molecule has 0 amide bonds. The van der Waals surface area contributed by atoms with Gasteiger partial charge in [-0.25, -0.2) is 8.42 Å². The fourth-order valence-electron chi connectivity index (χ4n) is 0.520. The number of hydrogen-bond acceptors (Lipinski definition) is 4. The third-order valence-corrected chi connectivity index (χ3v) is 3.17. The minimum atomic E-state index is -3.58. The standard InChI is InChI=1S/C6H9ClO4S/c1-2-11-6(5-8)12(9,10)4-3-7/h2,5-6H,1,3-4H2. The van der Waals surface area contributed by atoms with Gasteiger partial charge < -0.3 is 4.74 Å². The molecule has 0 radical (unpaired) electrons. The summed E-state index contributed by atoms with van der Waals surface area (Å²) in [4.78, 5) is 10.2. The summed E-state index contributed by atoms with van der Waals surface area (Å²) >= 11 is 5.21. The van der Waals surface area contributed by atoms with Crippen LogP contribution in [0.3, 0.4) is 0 Å². The van der Waals surface area contributed by atoms with Crippen molar-refractivity contribution in [3.05, 3.63) is 12.8 Å². The molecule has 70 valence electrons. The molecule has 0 N–H and O–H groups in total. The topological polar surface area (TPSA) is 60.4 Å². The molecule has 6 heteroatoms. The highest BCUT2D eigenvalue weighted by molar-refractivity contribution is 7.92. The van der Waals surface area contributed by atoms with Crippen molar-refractivity contribution in [2.75, 3.05) is 11.6 Å². The number of sulfone groups is 1. The molecule has 0 fully saturated rings. The zero-order valence-corrected chi connectivity index (χ0v) is 7.85. The molecule has 1 atom stereocenters. The Hall–Kier alpha value is -0.550. The van der Waals surface area contributed by atoms with Gasteiger partial charge in [0.15, 0.2) is 16.1 Å². The van der Waals surface area contributed by atoms with Gasteiger partial charge in [0.05, 0.1) is 12.0 Å². The van der Waals surface area contributed by atoms with Crippen molar-refractivity contribution in [2.45, 2.75) is 5.44 Å². The Morgan fingerprint density at radius 2 is 2.17 bits per heavy atom. The van der Waals surface area contributed by atoms with Gasteiger partial charge in [0, 0.05) is 5.88 Å². The number of aldehydes is 1. The average Bonchev–Trinajstić information content (AvgIpc) is 1.99. The van der Waals surface area contributed by atoms with Gasteiger partial charge in [-0.15, -0.1) is 11.6 Å². The van der Waals surface area contributed by atoms with Gasteiger partial charge in [0.25, 0.3) is 5.44 Å². The van der Waals surface area contributed by atoms with Crippen LogP contribution in [-0.4, -0.2) is 31.8 Å². The highest BCUT2D eigenvalue weighted by Gasteiger charge is 2.24. The first-order valence-electron chi connectivity index (χ1n) is 3.07. The Balaban J connectivity index is 4.47. The maximum Gasteiger partial charge on any atom is 0.252 e. The first-order valence-corrected chi connectivity index (χ1v) is 5.32. The molecular weight excluding hydrogens is 204 g/mol. The normalized spacial score (nSPS) is 13.4. The summed E-state index contributed by atoms with van der Waals surface area (Å²) in [5.41, 5.74) is -1.48. The molecule has 4 nitrogen and oxygen atoms in total. The van der Waals surface area contributed by atoms with Crippen molar-refractivity contribution in [3.8, 4) is 0 Å². The van der Waals surface area contributed by atoms with Crippen LogP contribution in [0.5, 0.6) is 0 Å². The molecule has 0 saturated carbocycles. The second kappa shape index (κ2) is 5.16. The molecule has 0 rings (SSSR count). The zero-order chi connectivity index (χ0) is 9.61. The van der Waals surface area contributed by atoms with E-state index in [0.717, 1.165) is 6.26 Å². The molecule has 0 aliphatic carbocycles. The monoisotopic (exact) mass is 212 g/mol. The fourth-order valence-corrected chi connectivity index (χ4v) is 2.03. The summed E-state index contributed by atoms with van der Waals surface area (Å²) in [7, 11) is -3.58. The minimum absolute atomic E-state index is 0.0623. The van der Waals surface area contributed by atoms with E-state index in [4.69, 9.17) is 11.6 Å². The Morgan fingerprint density at radius 1 is 1.58 bits per heavy atom. The number of carbonyl (C=O) groups excluding carboxylic acids is 1. The van der Waals surface area contributed by atoms with Crippen LogP contribution in [0.2, 0.25) is 0 Å². The molecular formula is C6H9ClO4S. The van der Waals surface area contributed by atoms with Crippen molar-refractivity contribution in [3.63, 3.8) is 0 Å². The van der Waals surface area contributed by atoms with Crippen LogP contribution < -0.4 is 0 Å². The van der Waals surface area contributed by atoms with E-state index in [1.165, 1.54) is 0 Å². The van der Waals surface area contributed by atoms with Crippen LogP contribution in [0, 0.1) is 0 Å². The van der Waals surface area contributed by atoms with E-state index in [0.29, 0.717) is 0 Å². The van der Waals surface area contributed by atoms with E-state index < -0.39 is 15.3 Å². The second-order valence-corrected chi connectivity index (χ2v) is 4.44. The van der Waals surface area contributed by atoms with Crippen LogP contribution in [0.25, 0.3) is 0 Å². The maximum absolute atomic E-state index is 11.1. The van der Waals surface area contributed by atoms with Crippen LogP contribution in [0.4, 0.5) is 0 Å². The van der Waals surface area contributed by atoms with Crippen molar-refractivity contribution in [2.24, 2.45) is 0 Å². The molecule has 0 spiro atoms. The van der Waals surface area contributed by atoms with Gasteiger partial charge in [0.1, 0.15) is 0 Å². The number of alkyl halides is 1. The number of ether oxygens (including phenoxy) is 1. The van der Waals surface area contributed by atoms with Crippen LogP contribution in [-0.2, 0) is 19.4 Å². The SMILES string of the molecule is C=COC(C=O)S(=O)(=O)CCCl. The smallest absolute Gasteiger partial charge is 0.252 e. The van der Waals surface area contributed by atoms with Gasteiger partial charge in [0.2, 0.25) is 0 Å². The Labute approximate surface area is 76.1 Å². The first kappa shape index (κ1) is 11.4. The van der Waals surface area contributed by atoms with Gasteiger partial charge in [-0.3, -0.25) is 4.79 Å². The predicted octanol–water partition coefficient (Wildman–Crippen LogP) is 0.325. The van der Waals surface area contributed by atoms with Crippen LogP contribution in [0.1, 0.15) is 0 Å². The quantitative estimate of drug-likeness (QED) is 0.362. The molecule has 0 heterocycles. The van der Waals surface area contributed by atoms with Crippen molar-refractivity contribution >= 4 is 27.7 Å². The molecule has 0 aromatic rings. The van der Waals surface area contributed by atoms with Gasteiger partial charge in [-0.05, 0) is 0 Å². The predicted molar refractivity (Wildman–Crippen MR) is 45.6 cm³/mol. The summed E-state index contributed by atoms with van der Waals surface area (Å²) < 4.78 is 26.6. The second-order valence-electron chi connectivity index (χ2n) is 1.86. The number of hydrogen-bond donors (Lipinski definition) is 0. The number of halogens is 1. The molecule has 0 aromatic heterocycles. The molecule has 0 aliphatic heterocycles. The Morgan fingerprint density at radius 3 is 2.50 bits per heavy atom. The van der Waals surface area contributed by atoms with E-state index in [-0.39, 0.29) is 17.9 Å². The van der Waals surface area contributed by atoms with Gasteiger partial charge in [-0.2, -0.15) is 0 Å². The Bertz CT molecular complexity index is 246. The highest BCUT2D eigenvalue weighted by atomic mass is 35.5. The molecule has 12 heavy (non-hydrogen) atoms. The number of carbonyl (C=O) groups is 1. The average molecular weight is 213 g/mol. The van der Waals surface area contributed by atoms with E-state index in [2.05, 4.69) is 11.3 Å². The largest absolute Gasteiger partial charge is 0.475 e. The van der Waals surface area contributed by atoms with Gasteiger partial charge in [-0.1, -0.05) is 6.58 Å². The Kier molecular flexibility index (Phi) is 4.92. The maximum atomic E-state index is 11.1. The molecule has 0 aromatic carbocycles. The lowest BCUT2D eigenvalue weighted by molar-refractivity contribution is -0.111. The third-order valence-electron chi connectivity index (χ3n) is 1.06. The van der Waals surface area contributed by atoms with E-state index in [1.807, 2.05) is 0 Å². The summed E-state index contributed by atoms with van der Waals surface area (Å²) in [5.74, 6) is -0.348. The molecule has 0 bridgehead atoms. The number of rotatable bonds is 6. The lowest BCUT2D eigenvalue weighted by Crippen LogP contribution is -2.27. The summed E-state index contributed by atoms with van der Waals surface area (Å²) in [6.45, 7) is 3.14. The summed E-state index contributed by atoms with van der Waals surface area (Å²) in [6.07, 6.45) is 1.11. The lowest BCUT2D eigenvalue weighted by Gasteiger charge is -2.08. The van der Waals surface area contributed by atoms with Crippen molar-refractivity contribution in [1.29, 1.82) is 0 Å². The van der Waals surface area contributed by atoms with Crippen molar-refractivity contribution in [1.82, 2.24) is 0 Å². The van der Waals surface area contributed by atoms with Crippen LogP contribution in [0.15, 0.2) is 12.8 Å². The van der Waals surface area contributed by atoms with E-state index in [9.17, 15) is 13.2 Å². The zero-order valence-electron chi connectivity index (χ0n) is 6.27. The van der Waals surface area contributed by atoms with E-state index >= 15 is 0 Å². The van der Waals surface area contributed by atoms with Crippen LogP contribution >= 0.6 is 11.6 Å². The van der Waals surface area contributed by atoms with E-state index in [1.54, 1.807) is 0 Å². The van der Waals surface area contributed by atoms with Gasteiger partial charge >= 0.3 is 0 Å². The molecule has 0 aliphatic rings. The lowest BCUT2D eigenvalue weighted by atomic mass is 10.8. The third kappa shape index (κ3) is 3.23.